The summed E-state index contributed by atoms with van der Waals surface area (Å²) in [6.07, 6.45) is 0.685. The molecule has 23 heavy (non-hydrogen) atoms. The first-order valence-corrected chi connectivity index (χ1v) is 7.48. The van der Waals surface area contributed by atoms with Gasteiger partial charge in [0.1, 0.15) is 0 Å². The van der Waals surface area contributed by atoms with E-state index < -0.39 is 0 Å². The van der Waals surface area contributed by atoms with Crippen molar-refractivity contribution in [3.8, 4) is 0 Å². The van der Waals surface area contributed by atoms with Crippen molar-refractivity contribution in [2.45, 2.75) is 13.0 Å². The van der Waals surface area contributed by atoms with Gasteiger partial charge >= 0.3 is 6.03 Å². The molecule has 1 aromatic heterocycles. The van der Waals surface area contributed by atoms with Crippen molar-refractivity contribution < 1.29 is 9.59 Å². The lowest BCUT2D eigenvalue weighted by molar-refractivity contribution is 0.101. The van der Waals surface area contributed by atoms with Gasteiger partial charge in [-0.2, -0.15) is 5.10 Å². The highest BCUT2D eigenvalue weighted by atomic mass is 16.2. The molecule has 0 aliphatic carbocycles. The van der Waals surface area contributed by atoms with Crippen LogP contribution in [0.4, 0.5) is 10.5 Å². The zero-order valence-electron chi connectivity index (χ0n) is 13.2. The molecular weight excluding hydrogens is 294 g/mol. The number of para-hydroxylation sites is 1. The highest BCUT2D eigenvalue weighted by Crippen LogP contribution is 2.23. The smallest absolute Gasteiger partial charge is 0.317 e. The van der Waals surface area contributed by atoms with Gasteiger partial charge in [0.2, 0.25) is 0 Å². The van der Waals surface area contributed by atoms with Gasteiger partial charge < -0.3 is 15.5 Å². The summed E-state index contributed by atoms with van der Waals surface area (Å²) >= 11 is 0. The maximum atomic E-state index is 12.5. The maximum Gasteiger partial charge on any atom is 0.317 e. The highest BCUT2D eigenvalue weighted by Gasteiger charge is 2.28. The maximum absolute atomic E-state index is 12.5. The number of carbonyl (C=O) groups excluding carboxylic acids is 2. The molecule has 2 aromatic rings. The Morgan fingerprint density at radius 1 is 1.22 bits per heavy atom. The molecule has 3 rings (SSSR count). The van der Waals surface area contributed by atoms with Crippen LogP contribution in [0.2, 0.25) is 0 Å². The molecule has 1 aliphatic rings. The number of nitrogens with one attached hydrogen (secondary N) is 2. The van der Waals surface area contributed by atoms with Crippen molar-refractivity contribution >= 4 is 17.6 Å². The Kier molecular flexibility index (Phi) is 4.01. The number of rotatable bonds is 2. The SMILES string of the molecule is CNC(=O)N1CCc2c(c(C(=O)Nc3ccccc3)nn2C)C1. The zero-order valence-corrected chi connectivity index (χ0v) is 13.2. The van der Waals surface area contributed by atoms with E-state index in [-0.39, 0.29) is 11.9 Å². The first-order valence-electron chi connectivity index (χ1n) is 7.48. The minimum atomic E-state index is -0.258. The lowest BCUT2D eigenvalue weighted by Crippen LogP contribution is -2.41. The fourth-order valence-electron chi connectivity index (χ4n) is 2.82. The van der Waals surface area contributed by atoms with E-state index in [0.717, 1.165) is 16.9 Å². The fourth-order valence-corrected chi connectivity index (χ4v) is 2.82. The largest absolute Gasteiger partial charge is 0.341 e. The van der Waals surface area contributed by atoms with Crippen molar-refractivity contribution in [1.29, 1.82) is 0 Å². The Morgan fingerprint density at radius 2 is 1.96 bits per heavy atom. The summed E-state index contributed by atoms with van der Waals surface area (Å²) in [7, 11) is 3.43. The Hall–Kier alpha value is -2.83. The molecule has 7 heteroatoms. The Labute approximate surface area is 134 Å². The summed E-state index contributed by atoms with van der Waals surface area (Å²) in [4.78, 5) is 26.1. The standard InChI is InChI=1S/C16H19N5O2/c1-17-16(23)21-9-8-13-12(10-21)14(19-20(13)2)15(22)18-11-6-4-3-5-7-11/h3-7H,8-10H2,1-2H3,(H,17,23)(H,18,22). The second kappa shape index (κ2) is 6.12. The number of nitrogens with zero attached hydrogens (tertiary/aromatic N) is 3. The lowest BCUT2D eigenvalue weighted by Gasteiger charge is -2.27. The summed E-state index contributed by atoms with van der Waals surface area (Å²) in [6, 6.07) is 9.11. The second-order valence-electron chi connectivity index (χ2n) is 5.44. The Morgan fingerprint density at radius 3 is 2.65 bits per heavy atom. The summed E-state index contributed by atoms with van der Waals surface area (Å²) in [5.41, 5.74) is 2.91. The van der Waals surface area contributed by atoms with Crippen LogP contribution in [-0.4, -0.2) is 40.2 Å². The predicted molar refractivity (Wildman–Crippen MR) is 86.2 cm³/mol. The molecule has 7 nitrogen and oxygen atoms in total. The average Bonchev–Trinajstić information content (AvgIpc) is 2.91. The van der Waals surface area contributed by atoms with Crippen LogP contribution in [0.5, 0.6) is 0 Å². The minimum Gasteiger partial charge on any atom is -0.341 e. The van der Waals surface area contributed by atoms with Crippen molar-refractivity contribution in [3.63, 3.8) is 0 Å². The van der Waals surface area contributed by atoms with Crippen LogP contribution in [0, 0.1) is 0 Å². The van der Waals surface area contributed by atoms with E-state index in [0.29, 0.717) is 25.2 Å². The van der Waals surface area contributed by atoms with E-state index in [9.17, 15) is 9.59 Å². The van der Waals surface area contributed by atoms with Crippen LogP contribution >= 0.6 is 0 Å². The fraction of sp³-hybridized carbons (Fsp3) is 0.312. The van der Waals surface area contributed by atoms with E-state index in [1.165, 1.54) is 0 Å². The van der Waals surface area contributed by atoms with Gasteiger partial charge in [-0.25, -0.2) is 4.79 Å². The number of anilines is 1. The number of aromatic nitrogens is 2. The third kappa shape index (κ3) is 2.90. The predicted octanol–water partition coefficient (Wildman–Crippen LogP) is 1.37. The van der Waals surface area contributed by atoms with E-state index in [1.807, 2.05) is 37.4 Å². The van der Waals surface area contributed by atoms with E-state index in [1.54, 1.807) is 16.6 Å². The first-order chi connectivity index (χ1) is 11.1. The van der Waals surface area contributed by atoms with Crippen molar-refractivity contribution in [1.82, 2.24) is 20.0 Å². The van der Waals surface area contributed by atoms with Gasteiger partial charge in [0.05, 0.1) is 6.54 Å². The molecule has 1 aliphatic heterocycles. The summed E-state index contributed by atoms with van der Waals surface area (Å²) in [5, 5.41) is 9.82. The second-order valence-corrected chi connectivity index (χ2v) is 5.44. The van der Waals surface area contributed by atoms with Gasteiger partial charge in [-0.15, -0.1) is 0 Å². The molecule has 2 N–H and O–H groups in total. The molecule has 2 heterocycles. The molecule has 0 unspecified atom stereocenters. The molecule has 0 saturated heterocycles. The van der Waals surface area contributed by atoms with Crippen LogP contribution in [0.1, 0.15) is 21.7 Å². The Balaban J connectivity index is 1.87. The lowest BCUT2D eigenvalue weighted by atomic mass is 10.0. The minimum absolute atomic E-state index is 0.145. The molecule has 0 radical (unpaired) electrons. The quantitative estimate of drug-likeness (QED) is 0.879. The van der Waals surface area contributed by atoms with Gasteiger partial charge in [0.25, 0.3) is 5.91 Å². The van der Waals surface area contributed by atoms with Crippen molar-refractivity contribution in [3.05, 3.63) is 47.3 Å². The summed E-state index contributed by atoms with van der Waals surface area (Å²) in [5.74, 6) is -0.258. The van der Waals surface area contributed by atoms with Gasteiger partial charge in [-0.05, 0) is 12.1 Å². The third-order valence-electron chi connectivity index (χ3n) is 3.99. The molecule has 0 bridgehead atoms. The number of fused-ring (bicyclic) bond motifs is 1. The monoisotopic (exact) mass is 313 g/mol. The molecule has 0 spiro atoms. The number of carbonyl (C=O) groups is 2. The van der Waals surface area contributed by atoms with Gasteiger partial charge in [0, 0.05) is 44.0 Å². The molecule has 1 aromatic carbocycles. The van der Waals surface area contributed by atoms with Crippen LogP contribution in [0.3, 0.4) is 0 Å². The third-order valence-corrected chi connectivity index (χ3v) is 3.99. The number of amides is 3. The first kappa shape index (κ1) is 15.1. The number of hydrogen-bond donors (Lipinski definition) is 2. The molecule has 120 valence electrons. The summed E-state index contributed by atoms with van der Waals surface area (Å²) in [6.45, 7) is 1.01. The van der Waals surface area contributed by atoms with E-state index in [2.05, 4.69) is 15.7 Å². The number of benzene rings is 1. The van der Waals surface area contributed by atoms with Gasteiger partial charge in [-0.3, -0.25) is 9.48 Å². The van der Waals surface area contributed by atoms with Crippen LogP contribution in [0.15, 0.2) is 30.3 Å². The van der Waals surface area contributed by atoms with Gasteiger partial charge in [0.15, 0.2) is 5.69 Å². The van der Waals surface area contributed by atoms with Crippen LogP contribution < -0.4 is 10.6 Å². The number of hydrogen-bond acceptors (Lipinski definition) is 3. The van der Waals surface area contributed by atoms with Gasteiger partial charge in [-0.1, -0.05) is 18.2 Å². The summed E-state index contributed by atoms with van der Waals surface area (Å²) < 4.78 is 1.73. The molecule has 0 atom stereocenters. The normalized spacial score (nSPS) is 13.4. The molecular formula is C16H19N5O2. The molecule has 3 amide bonds. The van der Waals surface area contributed by atoms with Crippen LogP contribution in [0.25, 0.3) is 0 Å². The number of urea groups is 1. The highest BCUT2D eigenvalue weighted by molar-refractivity contribution is 6.04. The Bertz CT molecular complexity index is 738. The van der Waals surface area contributed by atoms with E-state index >= 15 is 0 Å². The average molecular weight is 313 g/mol. The molecule has 0 saturated carbocycles. The van der Waals surface area contributed by atoms with E-state index in [4.69, 9.17) is 0 Å². The van der Waals surface area contributed by atoms with Crippen molar-refractivity contribution in [2.75, 3.05) is 18.9 Å². The zero-order chi connectivity index (χ0) is 16.4. The topological polar surface area (TPSA) is 79.3 Å². The van der Waals surface area contributed by atoms with Crippen molar-refractivity contribution in [2.24, 2.45) is 7.05 Å². The number of aryl methyl sites for hydroxylation is 1. The molecule has 0 fully saturated rings. The van der Waals surface area contributed by atoms with Crippen LogP contribution in [-0.2, 0) is 20.0 Å².